The third-order valence-corrected chi connectivity index (χ3v) is 12.4. The smallest absolute Gasteiger partial charge is 0.325 e. The molecule has 0 aliphatic carbocycles. The second kappa shape index (κ2) is 21.7. The zero-order valence-electron chi connectivity index (χ0n) is 33.5. The molecule has 5 rings (SSSR count). The molecule has 60 heavy (non-hydrogen) atoms. The predicted molar refractivity (Wildman–Crippen MR) is 215 cm³/mol. The van der Waals surface area contributed by atoms with Crippen molar-refractivity contribution in [3.05, 3.63) is 47.8 Å². The highest BCUT2D eigenvalue weighted by Crippen LogP contribution is 2.38. The molecule has 0 radical (unpaired) electrons. The van der Waals surface area contributed by atoms with E-state index in [0.717, 1.165) is 0 Å². The summed E-state index contributed by atoms with van der Waals surface area (Å²) in [6.45, 7) is 2.71. The number of carbonyl (C=O) groups excluding carboxylic acids is 1. The van der Waals surface area contributed by atoms with Gasteiger partial charge in [0.05, 0.1) is 49.2 Å². The number of aryl methyl sites for hydroxylation is 1. The zero-order valence-corrected chi connectivity index (χ0v) is 34.3. The van der Waals surface area contributed by atoms with E-state index in [1.54, 1.807) is 72.8 Å². The van der Waals surface area contributed by atoms with E-state index in [0.29, 0.717) is 48.2 Å². The number of aliphatic hydroxyl groups excluding tert-OH is 3. The van der Waals surface area contributed by atoms with Crippen LogP contribution in [0.15, 0.2) is 42.2 Å². The Morgan fingerprint density at radius 1 is 0.800 bits per heavy atom. The molecule has 4 heterocycles. The van der Waals surface area contributed by atoms with E-state index in [9.17, 15) is 59.7 Å². The number of aliphatic hydroxyl groups is 3. The Labute approximate surface area is 351 Å². The van der Waals surface area contributed by atoms with Crippen LogP contribution in [-0.2, 0) is 30.5 Å². The van der Waals surface area contributed by atoms with Crippen LogP contribution in [0.2, 0.25) is 0 Å². The molecule has 3 aliphatic heterocycles. The van der Waals surface area contributed by atoms with E-state index in [1.165, 1.54) is 16.7 Å². The van der Waals surface area contributed by atoms with E-state index in [-0.39, 0.29) is 102 Å². The van der Waals surface area contributed by atoms with Gasteiger partial charge in [0.1, 0.15) is 11.7 Å². The van der Waals surface area contributed by atoms with Crippen LogP contribution in [0.3, 0.4) is 0 Å². The van der Waals surface area contributed by atoms with E-state index in [2.05, 4.69) is 10.3 Å². The Balaban J connectivity index is 1.22. The van der Waals surface area contributed by atoms with Gasteiger partial charge in [0, 0.05) is 89.2 Å². The van der Waals surface area contributed by atoms with Gasteiger partial charge in [0.25, 0.3) is 5.91 Å². The summed E-state index contributed by atoms with van der Waals surface area (Å²) in [5, 5.41) is 77.8. The van der Waals surface area contributed by atoms with Gasteiger partial charge >= 0.3 is 23.9 Å². The van der Waals surface area contributed by atoms with Crippen molar-refractivity contribution in [1.82, 2.24) is 44.4 Å². The Kier molecular flexibility index (Phi) is 16.8. The molecule has 2 saturated heterocycles. The number of carboxylic acids is 4. The molecule has 21 nitrogen and oxygen atoms in total. The second-order valence-electron chi connectivity index (χ2n) is 15.2. The van der Waals surface area contributed by atoms with Crippen LogP contribution < -0.4 is 0 Å². The average Bonchev–Trinajstić information content (AvgIpc) is 3.82. The predicted octanol–water partition coefficient (Wildman–Crippen LogP) is -1.16. The minimum absolute atomic E-state index is 0.133. The third-order valence-electron chi connectivity index (χ3n) is 10.8. The normalized spacial score (nSPS) is 23.8. The molecule has 2 aromatic rings. The number of amides is 1. The van der Waals surface area contributed by atoms with Crippen molar-refractivity contribution in [2.45, 2.75) is 61.9 Å². The summed E-state index contributed by atoms with van der Waals surface area (Å²) in [5.74, 6) is -4.66. The zero-order chi connectivity index (χ0) is 43.5. The summed E-state index contributed by atoms with van der Waals surface area (Å²) < 4.78 is 1.66. The van der Waals surface area contributed by atoms with Gasteiger partial charge in [-0.25, -0.2) is 0 Å². The number of hydrogen-bond donors (Lipinski definition) is 7. The largest absolute Gasteiger partial charge is 0.480 e. The molecule has 0 spiro atoms. The monoisotopic (exact) mass is 861 g/mol. The third kappa shape index (κ3) is 12.7. The van der Waals surface area contributed by atoms with Crippen molar-refractivity contribution in [1.29, 1.82) is 0 Å². The molecule has 0 saturated carbocycles. The molecule has 0 bridgehead atoms. The Morgan fingerprint density at radius 2 is 1.33 bits per heavy atom. The molecule has 5 atom stereocenters. The number of aliphatic carboxylic acids is 4. The fourth-order valence-electron chi connectivity index (χ4n) is 7.65. The molecule has 1 aromatic heterocycles. The summed E-state index contributed by atoms with van der Waals surface area (Å²) in [6, 6.07) is 5.66. The van der Waals surface area contributed by atoms with Gasteiger partial charge in [-0.05, 0) is 25.3 Å². The number of nitrogens with zero attached hydrogens (tertiary/aromatic N) is 9. The lowest BCUT2D eigenvalue weighted by atomic mass is 10.0. The second-order valence-corrected chi connectivity index (χ2v) is 16.6. The highest BCUT2D eigenvalue weighted by molar-refractivity contribution is 8.00. The average molecular weight is 862 g/mol. The van der Waals surface area contributed by atoms with Gasteiger partial charge in [-0.15, -0.1) is 16.9 Å². The molecule has 330 valence electrons. The Morgan fingerprint density at radius 3 is 1.83 bits per heavy atom. The Bertz CT molecular complexity index is 1800. The fourth-order valence-corrected chi connectivity index (χ4v) is 9.05. The first-order valence-electron chi connectivity index (χ1n) is 19.8. The number of thioether (sulfide) groups is 1. The van der Waals surface area contributed by atoms with Crippen LogP contribution in [0.25, 0.3) is 11.3 Å². The highest BCUT2D eigenvalue weighted by Gasteiger charge is 2.42. The lowest BCUT2D eigenvalue weighted by Crippen LogP contribution is -2.55. The van der Waals surface area contributed by atoms with Gasteiger partial charge in [0.2, 0.25) is 6.35 Å². The van der Waals surface area contributed by atoms with Crippen LogP contribution in [0.1, 0.15) is 37.8 Å². The summed E-state index contributed by atoms with van der Waals surface area (Å²) >= 11 is 1.37. The van der Waals surface area contributed by atoms with Crippen molar-refractivity contribution in [3.8, 4) is 11.3 Å². The van der Waals surface area contributed by atoms with E-state index in [4.69, 9.17) is 0 Å². The summed E-state index contributed by atoms with van der Waals surface area (Å²) in [4.78, 5) is 70.4. The summed E-state index contributed by atoms with van der Waals surface area (Å²) in [7, 11) is 0. The molecular formula is C38H55N9O12S. The maximum absolute atomic E-state index is 13.0. The number of carboxylic acid groups (broad SMARTS) is 4. The standard InChI is InChI=1S/C38H55N9O12S/c1-25-19-47(31-18-29(49)30(24-48)60-31)38(59)46(36(25)56)9-3-2-8-45-20-28(39-40-45)26-4-6-27(7-5-26)35(37(57)58)44-16-14-42(22-33(52)53)12-10-41(21-32(50)51)11-13-43(15-17-44)23-34(54)55/h4-7,19-20,29-31,35,38,48-49,59H,2-3,8-18,21-24H2,1H3,(H,50,51)(H,52,53)(H,54,55)(H,57,58). The van der Waals surface area contributed by atoms with Crippen LogP contribution in [0.4, 0.5) is 0 Å². The quantitative estimate of drug-likeness (QED) is 0.0924. The Hall–Kier alpha value is -4.68. The van der Waals surface area contributed by atoms with E-state index >= 15 is 0 Å². The fraction of sp³-hybridized carbons (Fsp3) is 0.605. The van der Waals surface area contributed by atoms with Crippen molar-refractivity contribution in [3.63, 3.8) is 0 Å². The first-order valence-corrected chi connectivity index (χ1v) is 20.8. The molecule has 22 heteroatoms. The molecule has 5 unspecified atom stereocenters. The van der Waals surface area contributed by atoms with Gasteiger partial charge < -0.3 is 40.6 Å². The maximum Gasteiger partial charge on any atom is 0.325 e. The van der Waals surface area contributed by atoms with Crippen molar-refractivity contribution in [2.75, 3.05) is 85.1 Å². The molecule has 2 fully saturated rings. The lowest BCUT2D eigenvalue weighted by molar-refractivity contribution is -0.156. The highest BCUT2D eigenvalue weighted by atomic mass is 32.2. The maximum atomic E-state index is 13.0. The first kappa shape index (κ1) is 46.4. The van der Waals surface area contributed by atoms with Crippen LogP contribution in [0, 0.1) is 0 Å². The molecule has 3 aliphatic rings. The van der Waals surface area contributed by atoms with Crippen LogP contribution in [0.5, 0.6) is 0 Å². The van der Waals surface area contributed by atoms with Gasteiger partial charge in [0.15, 0.2) is 0 Å². The molecule has 1 amide bonds. The van der Waals surface area contributed by atoms with Crippen LogP contribution in [-0.4, -0.2) is 218 Å². The van der Waals surface area contributed by atoms with Gasteiger partial charge in [-0.1, -0.05) is 29.5 Å². The number of aromatic nitrogens is 3. The van der Waals surface area contributed by atoms with E-state index < -0.39 is 42.4 Å². The molecule has 7 N–H and O–H groups in total. The number of carbonyl (C=O) groups is 5. The lowest BCUT2D eigenvalue weighted by Gasteiger charge is -2.42. The minimum atomic E-state index is -1.21. The first-order chi connectivity index (χ1) is 28.6. The minimum Gasteiger partial charge on any atom is -0.480 e. The van der Waals surface area contributed by atoms with Gasteiger partial charge in [-0.3, -0.25) is 53.2 Å². The number of rotatable bonds is 17. The number of hydrogen-bond acceptors (Lipinski definition) is 16. The van der Waals surface area contributed by atoms with Crippen molar-refractivity contribution >= 4 is 41.5 Å². The molecule has 1 aromatic carbocycles. The molecular weight excluding hydrogens is 807 g/mol. The number of unbranched alkanes of at least 4 members (excludes halogenated alkanes) is 1. The number of benzene rings is 1. The van der Waals surface area contributed by atoms with Crippen molar-refractivity contribution < 1.29 is 59.7 Å². The summed E-state index contributed by atoms with van der Waals surface area (Å²) in [6.07, 6.45) is 2.93. The van der Waals surface area contributed by atoms with Crippen LogP contribution >= 0.6 is 11.8 Å². The van der Waals surface area contributed by atoms with Gasteiger partial charge in [-0.2, -0.15) is 0 Å². The SMILES string of the molecule is CC1=CN(C2CC(O)C(CO)S2)C(O)N(CCCCn2cc(-c3ccc(C(C(=O)O)N4CCN(CC(=O)O)CCN(CC(=O)O)CCN(CC(=O)O)CC4)cc3)nn2)C1=O. The van der Waals surface area contributed by atoms with E-state index in [1.807, 2.05) is 0 Å². The summed E-state index contributed by atoms with van der Waals surface area (Å²) in [5.41, 5.74) is 2.12. The topological polar surface area (TPSA) is 277 Å². The van der Waals surface area contributed by atoms with Crippen molar-refractivity contribution in [2.24, 2.45) is 0 Å².